The average Bonchev–Trinajstić information content (AvgIpc) is 0.939. The summed E-state index contributed by atoms with van der Waals surface area (Å²) in [5.41, 5.74) is 0. The van der Waals surface area contributed by atoms with E-state index in [1.165, 1.54) is 225 Å². The largest absolute Gasteiger partial charge is 0.472 e. The molecule has 0 radical (unpaired) electrons. The van der Waals surface area contributed by atoms with E-state index in [9.17, 15) is 43.2 Å². The Hall–Kier alpha value is -2.46. The van der Waals surface area contributed by atoms with E-state index in [2.05, 4.69) is 58.9 Å². The predicted octanol–water partition coefficient (Wildman–Crippen LogP) is 24.4. The zero-order valence-corrected chi connectivity index (χ0v) is 67.3. The lowest BCUT2D eigenvalue weighted by molar-refractivity contribution is -0.161. The van der Waals surface area contributed by atoms with Crippen LogP contribution >= 0.6 is 15.6 Å². The van der Waals surface area contributed by atoms with Gasteiger partial charge in [-0.25, -0.2) is 9.13 Å². The van der Waals surface area contributed by atoms with E-state index >= 15 is 0 Å². The molecule has 0 spiro atoms. The maximum absolute atomic E-state index is 13.1. The van der Waals surface area contributed by atoms with E-state index in [0.29, 0.717) is 25.7 Å². The van der Waals surface area contributed by atoms with Gasteiger partial charge in [0.2, 0.25) is 0 Å². The number of phosphoric acid groups is 2. The van der Waals surface area contributed by atoms with Gasteiger partial charge in [-0.15, -0.1) is 0 Å². The number of unbranched alkanes of at least 4 members (excludes halogenated alkanes) is 49. The van der Waals surface area contributed by atoms with Gasteiger partial charge < -0.3 is 33.8 Å². The third-order valence-electron chi connectivity index (χ3n) is 18.7. The number of carbonyl (C=O) groups excluding carboxylic acids is 4. The minimum atomic E-state index is -4.97. The quantitative estimate of drug-likeness (QED) is 0.0169. The molecular weight excluding hydrogens is 1320 g/mol. The van der Waals surface area contributed by atoms with Crippen LogP contribution in [0.2, 0.25) is 0 Å². The van der Waals surface area contributed by atoms with Crippen molar-refractivity contribution >= 4 is 39.5 Å². The number of phosphoric ester groups is 2. The van der Waals surface area contributed by atoms with Crippen molar-refractivity contribution < 1.29 is 80.2 Å². The molecule has 3 N–H and O–H groups in total. The Morgan fingerprint density at radius 3 is 0.812 bits per heavy atom. The molecule has 0 rings (SSSR count). The summed E-state index contributed by atoms with van der Waals surface area (Å²) in [5.74, 6) is -1.34. The zero-order valence-electron chi connectivity index (χ0n) is 65.5. The normalized spacial score (nSPS) is 14.0. The van der Waals surface area contributed by atoms with Gasteiger partial charge in [0, 0.05) is 25.7 Å². The van der Waals surface area contributed by atoms with Crippen LogP contribution in [0, 0.1) is 5.92 Å². The van der Waals surface area contributed by atoms with Crippen LogP contribution in [0.1, 0.15) is 413 Å². The lowest BCUT2D eigenvalue weighted by Crippen LogP contribution is -2.30. The SMILES string of the molecule is CCCCCC/C=C\C=C/CCCCCCCC(=O)O[C@H](COC(=O)CCCCCCCCCCCCCCC)COP(=O)(O)OC[C@H](O)COP(=O)(O)OC[C@@H](COC(=O)CCCCCCCCCCCCCCCCCC)OC(=O)CCCCCCCCCCCCCCCCC(C)C. The van der Waals surface area contributed by atoms with E-state index in [1.807, 2.05) is 0 Å². The summed E-state index contributed by atoms with van der Waals surface area (Å²) in [6, 6.07) is 0. The Labute approximate surface area is 618 Å². The second kappa shape index (κ2) is 74.4. The van der Waals surface area contributed by atoms with Gasteiger partial charge in [0.25, 0.3) is 0 Å². The summed E-state index contributed by atoms with van der Waals surface area (Å²) < 4.78 is 68.7. The number of hydrogen-bond donors (Lipinski definition) is 3. The summed E-state index contributed by atoms with van der Waals surface area (Å²) >= 11 is 0. The topological polar surface area (TPSA) is 237 Å². The predicted molar refractivity (Wildman–Crippen MR) is 414 cm³/mol. The van der Waals surface area contributed by atoms with Crippen LogP contribution in [0.5, 0.6) is 0 Å². The molecule has 0 aliphatic heterocycles. The molecule has 0 fully saturated rings. The van der Waals surface area contributed by atoms with Crippen molar-refractivity contribution in [3.8, 4) is 0 Å². The van der Waals surface area contributed by atoms with Crippen LogP contribution in [0.4, 0.5) is 0 Å². The van der Waals surface area contributed by atoms with Crippen molar-refractivity contribution in [2.24, 2.45) is 5.92 Å². The van der Waals surface area contributed by atoms with Crippen molar-refractivity contribution in [2.45, 2.75) is 432 Å². The smallest absolute Gasteiger partial charge is 0.462 e. The highest BCUT2D eigenvalue weighted by molar-refractivity contribution is 7.47. The fourth-order valence-electron chi connectivity index (χ4n) is 12.2. The number of aliphatic hydroxyl groups is 1. The maximum Gasteiger partial charge on any atom is 0.472 e. The summed E-state index contributed by atoms with van der Waals surface area (Å²) in [6.45, 7) is 7.30. The van der Waals surface area contributed by atoms with E-state index in [0.717, 1.165) is 109 Å². The van der Waals surface area contributed by atoms with Crippen LogP contribution in [0.3, 0.4) is 0 Å². The Bertz CT molecular complexity index is 2020. The first kappa shape index (κ1) is 98.5. The second-order valence-corrected chi connectivity index (χ2v) is 32.2. The first-order valence-corrected chi connectivity index (χ1v) is 44.9. The lowest BCUT2D eigenvalue weighted by Gasteiger charge is -2.21. The van der Waals surface area contributed by atoms with Gasteiger partial charge in [0.15, 0.2) is 12.2 Å². The van der Waals surface area contributed by atoms with Crippen molar-refractivity contribution in [3.63, 3.8) is 0 Å². The van der Waals surface area contributed by atoms with Gasteiger partial charge in [0.1, 0.15) is 19.3 Å². The molecule has 101 heavy (non-hydrogen) atoms. The lowest BCUT2D eigenvalue weighted by atomic mass is 10.0. The number of ether oxygens (including phenoxy) is 4. The second-order valence-electron chi connectivity index (χ2n) is 29.3. The summed E-state index contributed by atoms with van der Waals surface area (Å²) in [7, 11) is -9.93. The number of allylic oxidation sites excluding steroid dienone is 4. The van der Waals surface area contributed by atoms with Crippen LogP contribution in [-0.2, 0) is 65.4 Å². The highest BCUT2D eigenvalue weighted by atomic mass is 31.2. The van der Waals surface area contributed by atoms with E-state index in [1.54, 1.807) is 0 Å². The molecule has 17 nitrogen and oxygen atoms in total. The Balaban J connectivity index is 5.30. The third-order valence-corrected chi connectivity index (χ3v) is 20.6. The van der Waals surface area contributed by atoms with Crippen LogP contribution in [-0.4, -0.2) is 96.7 Å². The number of carbonyl (C=O) groups is 4. The summed E-state index contributed by atoms with van der Waals surface area (Å²) in [4.78, 5) is 73.1. The van der Waals surface area contributed by atoms with Crippen LogP contribution in [0.15, 0.2) is 24.3 Å². The highest BCUT2D eigenvalue weighted by Gasteiger charge is 2.30. The molecule has 0 bridgehead atoms. The molecule has 2 unspecified atom stereocenters. The standard InChI is InChI=1S/C82H156O17P2/c1-6-9-12-15-18-21-24-27-29-31-36-41-46-51-56-61-66-80(85)93-72-78(99-82(87)68-63-58-53-48-43-38-33-32-35-39-44-49-54-59-64-75(4)5)74-97-101(90,91)95-70-76(83)69-94-100(88,89)96-73-77(71-92-79(84)65-60-55-50-45-40-34-26-23-20-17-14-11-8-3)98-81(86)67-62-57-52-47-42-37-30-28-25-22-19-16-13-10-7-2/h22,25,28,30,75-78,83H,6-21,23-24,26-27,29,31-74H2,1-5H3,(H,88,89)(H,90,91)/b25-22-,30-28-/t76-,77+,78+/m0/s1. The minimum absolute atomic E-state index is 0.0858. The van der Waals surface area contributed by atoms with E-state index in [-0.39, 0.29) is 25.7 Å². The molecule has 0 heterocycles. The molecule has 0 aliphatic rings. The Kier molecular flexibility index (Phi) is 72.6. The molecule has 0 saturated heterocycles. The number of aliphatic hydroxyl groups excluding tert-OH is 1. The molecule has 5 atom stereocenters. The Morgan fingerprint density at radius 2 is 0.535 bits per heavy atom. The number of esters is 4. The minimum Gasteiger partial charge on any atom is -0.462 e. The fraction of sp³-hybridized carbons (Fsp3) is 0.902. The molecule has 0 aliphatic carbocycles. The highest BCUT2D eigenvalue weighted by Crippen LogP contribution is 2.45. The summed E-state index contributed by atoms with van der Waals surface area (Å²) in [6.07, 6.45) is 68.6. The molecule has 0 aromatic carbocycles. The number of rotatable bonds is 80. The fourth-order valence-corrected chi connectivity index (χ4v) is 13.8. The molecule has 19 heteroatoms. The first-order chi connectivity index (χ1) is 49.0. The van der Waals surface area contributed by atoms with Gasteiger partial charge in [-0.1, -0.05) is 361 Å². The summed E-state index contributed by atoms with van der Waals surface area (Å²) in [5, 5.41) is 10.7. The van der Waals surface area contributed by atoms with Crippen molar-refractivity contribution in [1.82, 2.24) is 0 Å². The van der Waals surface area contributed by atoms with Gasteiger partial charge in [-0.3, -0.25) is 37.3 Å². The van der Waals surface area contributed by atoms with Crippen molar-refractivity contribution in [2.75, 3.05) is 39.6 Å². The average molecular weight is 1480 g/mol. The molecule has 596 valence electrons. The van der Waals surface area contributed by atoms with Crippen LogP contribution in [0.25, 0.3) is 0 Å². The van der Waals surface area contributed by atoms with Gasteiger partial charge in [0.05, 0.1) is 26.4 Å². The Morgan fingerprint density at radius 1 is 0.307 bits per heavy atom. The first-order valence-electron chi connectivity index (χ1n) is 42.0. The molecule has 0 amide bonds. The van der Waals surface area contributed by atoms with Gasteiger partial charge >= 0.3 is 39.5 Å². The molecule has 0 aromatic heterocycles. The number of hydrogen-bond acceptors (Lipinski definition) is 15. The van der Waals surface area contributed by atoms with Crippen LogP contribution < -0.4 is 0 Å². The van der Waals surface area contributed by atoms with E-state index < -0.39 is 97.5 Å². The zero-order chi connectivity index (χ0) is 74.1. The van der Waals surface area contributed by atoms with Gasteiger partial charge in [-0.2, -0.15) is 0 Å². The van der Waals surface area contributed by atoms with Crippen molar-refractivity contribution in [1.29, 1.82) is 0 Å². The van der Waals surface area contributed by atoms with E-state index in [4.69, 9.17) is 37.0 Å². The maximum atomic E-state index is 13.1. The van der Waals surface area contributed by atoms with Crippen molar-refractivity contribution in [3.05, 3.63) is 24.3 Å². The molecule has 0 saturated carbocycles. The molecule has 0 aromatic rings. The third kappa shape index (κ3) is 75.6. The molecular formula is C82H156O17P2. The van der Waals surface area contributed by atoms with Gasteiger partial charge in [-0.05, 0) is 57.3 Å². The monoisotopic (exact) mass is 1480 g/mol.